The number of aromatic nitrogens is 1. The van der Waals surface area contributed by atoms with Gasteiger partial charge in [-0.2, -0.15) is 0 Å². The summed E-state index contributed by atoms with van der Waals surface area (Å²) in [4.78, 5) is 4.90. The van der Waals surface area contributed by atoms with Crippen LogP contribution in [0.4, 0.5) is 0 Å². The second-order valence-electron chi connectivity index (χ2n) is 5.64. The molecule has 0 spiro atoms. The van der Waals surface area contributed by atoms with Gasteiger partial charge in [-0.05, 0) is 24.3 Å². The molecule has 0 aliphatic heterocycles. The molecule has 0 fully saturated rings. The normalized spacial score (nSPS) is 11.2. The van der Waals surface area contributed by atoms with Crippen molar-refractivity contribution in [2.24, 2.45) is 0 Å². The monoisotopic (exact) mass is 261 g/mol. The van der Waals surface area contributed by atoms with Crippen molar-refractivity contribution in [1.29, 1.82) is 0 Å². The lowest BCUT2D eigenvalue weighted by Gasteiger charge is -2.12. The zero-order valence-corrected chi connectivity index (χ0v) is 12.2. The summed E-state index contributed by atoms with van der Waals surface area (Å²) in [5, 5.41) is 2.49. The molecule has 0 aliphatic carbocycles. The molecule has 3 aromatic rings. The van der Waals surface area contributed by atoms with Gasteiger partial charge in [0.25, 0.3) is 0 Å². The van der Waals surface area contributed by atoms with Crippen LogP contribution >= 0.6 is 0 Å². The van der Waals surface area contributed by atoms with Gasteiger partial charge >= 0.3 is 0 Å². The van der Waals surface area contributed by atoms with Crippen LogP contribution in [0.5, 0.6) is 0 Å². The molecule has 0 saturated heterocycles. The van der Waals surface area contributed by atoms with Crippen molar-refractivity contribution in [2.45, 2.75) is 26.7 Å². The molecule has 1 heteroatoms. The average Bonchev–Trinajstić information content (AvgIpc) is 2.47. The van der Waals surface area contributed by atoms with Crippen molar-refractivity contribution in [1.82, 2.24) is 4.98 Å². The van der Waals surface area contributed by atoms with Crippen molar-refractivity contribution in [3.63, 3.8) is 0 Å². The zero-order chi connectivity index (χ0) is 14.1. The van der Waals surface area contributed by atoms with Gasteiger partial charge in [0, 0.05) is 16.6 Å². The van der Waals surface area contributed by atoms with Crippen LogP contribution in [0.15, 0.2) is 54.6 Å². The van der Waals surface area contributed by atoms with Gasteiger partial charge in [0.1, 0.15) is 0 Å². The number of benzene rings is 2. The maximum Gasteiger partial charge on any atom is 0.0783 e. The Hall–Kier alpha value is -2.15. The van der Waals surface area contributed by atoms with Crippen molar-refractivity contribution >= 4 is 10.8 Å². The van der Waals surface area contributed by atoms with E-state index in [0.717, 1.165) is 11.4 Å². The zero-order valence-electron chi connectivity index (χ0n) is 12.2. The molecule has 0 unspecified atom stereocenters. The Morgan fingerprint density at radius 2 is 1.60 bits per heavy atom. The standard InChI is InChI=1S/C19H19N/c1-13(2)18-12-16-6-4-5-7-17(16)19(20-18)15-10-8-14(3)9-11-15/h4-13H,1-3H3. The minimum Gasteiger partial charge on any atom is -0.252 e. The Morgan fingerprint density at radius 3 is 2.30 bits per heavy atom. The summed E-state index contributed by atoms with van der Waals surface area (Å²) in [6.45, 7) is 6.49. The third kappa shape index (κ3) is 2.32. The van der Waals surface area contributed by atoms with Crippen LogP contribution in [-0.2, 0) is 0 Å². The SMILES string of the molecule is Cc1ccc(-c2nc(C(C)C)cc3ccccc23)cc1. The van der Waals surface area contributed by atoms with Gasteiger partial charge < -0.3 is 0 Å². The highest BCUT2D eigenvalue weighted by Crippen LogP contribution is 2.29. The molecule has 0 aliphatic rings. The predicted octanol–water partition coefficient (Wildman–Crippen LogP) is 5.33. The summed E-state index contributed by atoms with van der Waals surface area (Å²) < 4.78 is 0. The fraction of sp³-hybridized carbons (Fsp3) is 0.211. The first kappa shape index (κ1) is 12.9. The topological polar surface area (TPSA) is 12.9 Å². The number of pyridine rings is 1. The summed E-state index contributed by atoms with van der Waals surface area (Å²) in [5.41, 5.74) is 4.71. The lowest BCUT2D eigenvalue weighted by Crippen LogP contribution is -1.96. The Kier molecular flexibility index (Phi) is 3.27. The summed E-state index contributed by atoms with van der Waals surface area (Å²) in [6, 6.07) is 19.3. The molecular formula is C19H19N. The van der Waals surface area contributed by atoms with Crippen LogP contribution in [0.2, 0.25) is 0 Å². The van der Waals surface area contributed by atoms with Crippen molar-refractivity contribution < 1.29 is 0 Å². The van der Waals surface area contributed by atoms with E-state index < -0.39 is 0 Å². The van der Waals surface area contributed by atoms with Crippen LogP contribution in [0, 0.1) is 6.92 Å². The first-order chi connectivity index (χ1) is 9.65. The quantitative estimate of drug-likeness (QED) is 0.607. The first-order valence-corrected chi connectivity index (χ1v) is 7.12. The molecule has 20 heavy (non-hydrogen) atoms. The molecule has 100 valence electrons. The maximum absolute atomic E-state index is 4.90. The van der Waals surface area contributed by atoms with Crippen LogP contribution in [0.25, 0.3) is 22.0 Å². The van der Waals surface area contributed by atoms with Gasteiger partial charge in [-0.25, -0.2) is 0 Å². The molecule has 2 aromatic carbocycles. The third-order valence-electron chi connectivity index (χ3n) is 3.68. The molecule has 0 bridgehead atoms. The molecule has 0 atom stereocenters. The molecule has 1 aromatic heterocycles. The largest absolute Gasteiger partial charge is 0.252 e. The third-order valence-corrected chi connectivity index (χ3v) is 3.68. The average molecular weight is 261 g/mol. The minimum atomic E-state index is 0.434. The minimum absolute atomic E-state index is 0.434. The highest BCUT2D eigenvalue weighted by atomic mass is 14.7. The van der Waals surface area contributed by atoms with Crippen LogP contribution < -0.4 is 0 Å². The summed E-state index contributed by atoms with van der Waals surface area (Å²) >= 11 is 0. The molecular weight excluding hydrogens is 242 g/mol. The fourth-order valence-corrected chi connectivity index (χ4v) is 2.45. The van der Waals surface area contributed by atoms with Gasteiger partial charge in [-0.3, -0.25) is 4.98 Å². The van der Waals surface area contributed by atoms with Crippen LogP contribution in [0.3, 0.4) is 0 Å². The van der Waals surface area contributed by atoms with E-state index >= 15 is 0 Å². The van der Waals surface area contributed by atoms with Crippen LogP contribution in [0.1, 0.15) is 31.0 Å². The summed E-state index contributed by atoms with van der Waals surface area (Å²) in [7, 11) is 0. The van der Waals surface area contributed by atoms with Crippen LogP contribution in [-0.4, -0.2) is 4.98 Å². The molecule has 1 nitrogen and oxygen atoms in total. The Morgan fingerprint density at radius 1 is 0.900 bits per heavy atom. The molecule has 0 radical (unpaired) electrons. The van der Waals surface area contributed by atoms with E-state index in [1.54, 1.807) is 0 Å². The smallest absolute Gasteiger partial charge is 0.0783 e. The number of hydrogen-bond donors (Lipinski definition) is 0. The molecule has 0 N–H and O–H groups in total. The Labute approximate surface area is 120 Å². The fourth-order valence-electron chi connectivity index (χ4n) is 2.45. The lowest BCUT2D eigenvalue weighted by atomic mass is 9.99. The van der Waals surface area contributed by atoms with E-state index in [0.29, 0.717) is 5.92 Å². The molecule has 0 saturated carbocycles. The Bertz CT molecular complexity index is 739. The lowest BCUT2D eigenvalue weighted by molar-refractivity contribution is 0.828. The van der Waals surface area contributed by atoms with Gasteiger partial charge in [-0.1, -0.05) is 67.9 Å². The number of hydrogen-bond acceptors (Lipinski definition) is 1. The van der Waals surface area contributed by atoms with E-state index in [2.05, 4.69) is 75.4 Å². The molecule has 1 heterocycles. The van der Waals surface area contributed by atoms with E-state index in [-0.39, 0.29) is 0 Å². The van der Waals surface area contributed by atoms with E-state index in [1.165, 1.54) is 21.9 Å². The van der Waals surface area contributed by atoms with Gasteiger partial charge in [-0.15, -0.1) is 0 Å². The number of aryl methyl sites for hydroxylation is 1. The van der Waals surface area contributed by atoms with Gasteiger partial charge in [0.05, 0.1) is 5.69 Å². The maximum atomic E-state index is 4.90. The summed E-state index contributed by atoms with van der Waals surface area (Å²) in [6.07, 6.45) is 0. The predicted molar refractivity (Wildman–Crippen MR) is 86.0 cm³/mol. The van der Waals surface area contributed by atoms with E-state index in [9.17, 15) is 0 Å². The van der Waals surface area contributed by atoms with Crippen molar-refractivity contribution in [3.05, 3.63) is 65.9 Å². The second-order valence-corrected chi connectivity index (χ2v) is 5.64. The number of rotatable bonds is 2. The van der Waals surface area contributed by atoms with E-state index in [1.807, 2.05) is 0 Å². The molecule has 0 amide bonds. The highest BCUT2D eigenvalue weighted by molar-refractivity contribution is 5.94. The van der Waals surface area contributed by atoms with Crippen molar-refractivity contribution in [3.8, 4) is 11.3 Å². The van der Waals surface area contributed by atoms with Gasteiger partial charge in [0.15, 0.2) is 0 Å². The highest BCUT2D eigenvalue weighted by Gasteiger charge is 2.10. The summed E-state index contributed by atoms with van der Waals surface area (Å²) in [5.74, 6) is 0.434. The van der Waals surface area contributed by atoms with Crippen molar-refractivity contribution in [2.75, 3.05) is 0 Å². The molecule has 3 rings (SSSR count). The number of nitrogens with zero attached hydrogens (tertiary/aromatic N) is 1. The van der Waals surface area contributed by atoms with Gasteiger partial charge in [0.2, 0.25) is 0 Å². The van der Waals surface area contributed by atoms with E-state index in [4.69, 9.17) is 4.98 Å². The number of fused-ring (bicyclic) bond motifs is 1. The Balaban J connectivity index is 2.29. The first-order valence-electron chi connectivity index (χ1n) is 7.12. The second kappa shape index (κ2) is 5.09.